The Morgan fingerprint density at radius 3 is 2.31 bits per heavy atom. The van der Waals surface area contributed by atoms with Gasteiger partial charge in [-0.05, 0) is 96.2 Å². The Kier molecular flexibility index (Phi) is 11.5. The van der Waals surface area contributed by atoms with Gasteiger partial charge < -0.3 is 10.4 Å². The van der Waals surface area contributed by atoms with Crippen LogP contribution >= 0.6 is 11.8 Å². The fraction of sp³-hybridized carbons (Fsp3) is 0.412. The lowest BCUT2D eigenvalue weighted by atomic mass is 9.88. The summed E-state index contributed by atoms with van der Waals surface area (Å²) in [5.74, 6) is -1.52. The number of amides is 1. The highest BCUT2D eigenvalue weighted by atomic mass is 32.2. The molecule has 42 heavy (non-hydrogen) atoms. The molecule has 1 atom stereocenters. The number of rotatable bonds is 13. The molecule has 8 heteroatoms. The van der Waals surface area contributed by atoms with Gasteiger partial charge in [0, 0.05) is 31.3 Å². The van der Waals surface area contributed by atoms with Gasteiger partial charge in [-0.15, -0.1) is 0 Å². The molecule has 224 valence electrons. The maximum absolute atomic E-state index is 14.0. The van der Waals surface area contributed by atoms with E-state index < -0.39 is 29.6 Å². The van der Waals surface area contributed by atoms with Crippen molar-refractivity contribution in [2.75, 3.05) is 18.6 Å². The molecule has 0 spiro atoms. The first kappa shape index (κ1) is 31.7. The summed E-state index contributed by atoms with van der Waals surface area (Å²) < 4.78 is 28.1. The molecule has 0 radical (unpaired) electrons. The predicted molar refractivity (Wildman–Crippen MR) is 166 cm³/mol. The highest BCUT2D eigenvalue weighted by molar-refractivity contribution is 7.98. The second-order valence-corrected chi connectivity index (χ2v) is 12.3. The van der Waals surface area contributed by atoms with E-state index in [9.17, 15) is 23.5 Å². The van der Waals surface area contributed by atoms with E-state index in [-0.39, 0.29) is 0 Å². The predicted octanol–water partition coefficient (Wildman–Crippen LogP) is 7.46. The number of aryl methyl sites for hydroxylation is 1. The average molecular weight is 595 g/mol. The van der Waals surface area contributed by atoms with Gasteiger partial charge in [-0.25, -0.2) is 13.6 Å². The van der Waals surface area contributed by atoms with E-state index >= 15 is 0 Å². The first-order chi connectivity index (χ1) is 20.2. The number of halogens is 2. The summed E-state index contributed by atoms with van der Waals surface area (Å²) >= 11 is 1.53. The molecular weight excluding hydrogens is 554 g/mol. The van der Waals surface area contributed by atoms with Crippen LogP contribution in [-0.4, -0.2) is 46.5 Å². The summed E-state index contributed by atoms with van der Waals surface area (Å²) in [5.41, 5.74) is 4.58. The minimum atomic E-state index is -1.06. The number of thioether (sulfide) groups is 1. The first-order valence-corrected chi connectivity index (χ1v) is 16.0. The molecule has 1 fully saturated rings. The van der Waals surface area contributed by atoms with Gasteiger partial charge in [-0.3, -0.25) is 9.69 Å². The summed E-state index contributed by atoms with van der Waals surface area (Å²) in [6.45, 7) is 3.75. The zero-order chi connectivity index (χ0) is 30.1. The maximum Gasteiger partial charge on any atom is 0.326 e. The number of nitrogens with zero attached hydrogens (tertiary/aromatic N) is 1. The number of benzene rings is 3. The lowest BCUT2D eigenvalue weighted by molar-refractivity contribution is -0.139. The Morgan fingerprint density at radius 2 is 1.64 bits per heavy atom. The number of carboxylic acid groups (broad SMARTS) is 1. The van der Waals surface area contributed by atoms with Crippen molar-refractivity contribution in [1.29, 1.82) is 0 Å². The molecule has 0 aromatic heterocycles. The van der Waals surface area contributed by atoms with Crippen molar-refractivity contribution in [3.05, 3.63) is 94.6 Å². The van der Waals surface area contributed by atoms with Crippen LogP contribution < -0.4 is 5.32 Å². The summed E-state index contributed by atoms with van der Waals surface area (Å²) in [4.78, 5) is 27.5. The Balaban J connectivity index is 1.66. The second kappa shape index (κ2) is 15.3. The van der Waals surface area contributed by atoms with Crippen LogP contribution in [0.15, 0.2) is 60.7 Å². The molecule has 0 saturated heterocycles. The Hall–Kier alpha value is -3.23. The Morgan fingerprint density at radius 1 is 0.952 bits per heavy atom. The van der Waals surface area contributed by atoms with Crippen LogP contribution in [-0.2, 0) is 17.9 Å². The Bertz CT molecular complexity index is 1360. The van der Waals surface area contributed by atoms with Gasteiger partial charge in [-0.1, -0.05) is 49.6 Å². The number of hydrogen-bond donors (Lipinski definition) is 2. The third kappa shape index (κ3) is 8.88. The van der Waals surface area contributed by atoms with Gasteiger partial charge in [0.1, 0.15) is 17.7 Å². The molecule has 5 nitrogen and oxygen atoms in total. The molecule has 0 bridgehead atoms. The molecule has 0 heterocycles. The Labute approximate surface area is 251 Å². The van der Waals surface area contributed by atoms with Gasteiger partial charge in [0.05, 0.1) is 0 Å². The quantitative estimate of drug-likeness (QED) is 0.215. The van der Waals surface area contributed by atoms with E-state index in [1.807, 2.05) is 49.6 Å². The lowest BCUT2D eigenvalue weighted by Gasteiger charge is -2.30. The van der Waals surface area contributed by atoms with Crippen molar-refractivity contribution in [3.63, 3.8) is 0 Å². The maximum atomic E-state index is 14.0. The minimum absolute atomic E-state index is 0.330. The standard InChI is InChI=1S/C34H40F2N2O3S/c1-23-8-6-7-11-29(23)31-18-25(12-13-30(31)33(39)37-32(34(40)41)14-15-42-2)21-38(20-24-9-4-3-5-10-24)22-26-16-27(35)19-28(36)17-26/h6-8,11-13,16-19,24,32H,3-5,9-10,14-15,20-22H2,1-2H3,(H,37,39)(H,40,41)/t32-/m0/s1. The lowest BCUT2D eigenvalue weighted by Crippen LogP contribution is -2.41. The van der Waals surface area contributed by atoms with E-state index in [4.69, 9.17) is 0 Å². The van der Waals surface area contributed by atoms with E-state index in [1.165, 1.54) is 43.2 Å². The van der Waals surface area contributed by atoms with Crippen molar-refractivity contribution < 1.29 is 23.5 Å². The van der Waals surface area contributed by atoms with E-state index in [0.29, 0.717) is 42.3 Å². The van der Waals surface area contributed by atoms with Crippen LogP contribution in [0.4, 0.5) is 8.78 Å². The van der Waals surface area contributed by atoms with E-state index in [1.54, 1.807) is 6.07 Å². The number of hydrogen-bond acceptors (Lipinski definition) is 4. The van der Waals surface area contributed by atoms with E-state index in [0.717, 1.165) is 47.7 Å². The van der Waals surface area contributed by atoms with Crippen molar-refractivity contribution in [1.82, 2.24) is 10.2 Å². The van der Waals surface area contributed by atoms with E-state index in [2.05, 4.69) is 10.2 Å². The molecule has 1 aliphatic carbocycles. The molecule has 1 aliphatic rings. The monoisotopic (exact) mass is 594 g/mol. The van der Waals surface area contributed by atoms with Gasteiger partial charge in [0.15, 0.2) is 0 Å². The summed E-state index contributed by atoms with van der Waals surface area (Å²) in [7, 11) is 0. The molecule has 1 saturated carbocycles. The van der Waals surface area contributed by atoms with Crippen LogP contribution in [0.5, 0.6) is 0 Å². The molecule has 2 N–H and O–H groups in total. The summed E-state index contributed by atoms with van der Waals surface area (Å²) in [5, 5.41) is 12.4. The summed E-state index contributed by atoms with van der Waals surface area (Å²) in [6, 6.07) is 16.1. The molecular formula is C34H40F2N2O3S. The fourth-order valence-corrected chi connectivity index (χ4v) is 6.32. The normalized spacial score (nSPS) is 14.6. The number of carboxylic acids is 1. The van der Waals surface area contributed by atoms with Crippen molar-refractivity contribution in [2.45, 2.75) is 64.6 Å². The van der Waals surface area contributed by atoms with Gasteiger partial charge >= 0.3 is 5.97 Å². The molecule has 1 amide bonds. The third-order valence-corrected chi connectivity index (χ3v) is 8.60. The number of carbonyl (C=O) groups excluding carboxylic acids is 1. The molecule has 0 aliphatic heterocycles. The van der Waals surface area contributed by atoms with Crippen molar-refractivity contribution >= 4 is 23.6 Å². The van der Waals surface area contributed by atoms with Crippen LogP contribution in [0, 0.1) is 24.5 Å². The average Bonchev–Trinajstić information content (AvgIpc) is 2.95. The molecule has 0 unspecified atom stereocenters. The SMILES string of the molecule is CSCC[C@H](NC(=O)c1ccc(CN(Cc2cc(F)cc(F)c2)CC2CCCCC2)cc1-c1ccccc1C)C(=O)O. The molecule has 4 rings (SSSR count). The molecule has 3 aromatic carbocycles. The smallest absolute Gasteiger partial charge is 0.326 e. The van der Waals surface area contributed by atoms with Gasteiger partial charge in [0.25, 0.3) is 5.91 Å². The minimum Gasteiger partial charge on any atom is -0.480 e. The van der Waals surface area contributed by atoms with Gasteiger partial charge in [-0.2, -0.15) is 11.8 Å². The van der Waals surface area contributed by atoms with Crippen LogP contribution in [0.2, 0.25) is 0 Å². The number of nitrogens with one attached hydrogen (secondary N) is 1. The highest BCUT2D eigenvalue weighted by Crippen LogP contribution is 2.30. The highest BCUT2D eigenvalue weighted by Gasteiger charge is 2.24. The van der Waals surface area contributed by atoms with Crippen molar-refractivity contribution in [3.8, 4) is 11.1 Å². The van der Waals surface area contributed by atoms with Crippen LogP contribution in [0.25, 0.3) is 11.1 Å². The topological polar surface area (TPSA) is 69.6 Å². The zero-order valence-electron chi connectivity index (χ0n) is 24.4. The van der Waals surface area contributed by atoms with Gasteiger partial charge in [0.2, 0.25) is 0 Å². The zero-order valence-corrected chi connectivity index (χ0v) is 25.2. The number of aliphatic carboxylic acids is 1. The molecule has 3 aromatic rings. The second-order valence-electron chi connectivity index (χ2n) is 11.3. The van der Waals surface area contributed by atoms with Crippen LogP contribution in [0.3, 0.4) is 0 Å². The third-order valence-electron chi connectivity index (χ3n) is 7.95. The fourth-order valence-electron chi connectivity index (χ4n) is 5.85. The number of carbonyl (C=O) groups is 2. The largest absolute Gasteiger partial charge is 0.480 e. The van der Waals surface area contributed by atoms with Crippen LogP contribution in [0.1, 0.15) is 65.6 Å². The van der Waals surface area contributed by atoms with Crippen molar-refractivity contribution in [2.24, 2.45) is 5.92 Å². The first-order valence-electron chi connectivity index (χ1n) is 14.6. The summed E-state index contributed by atoms with van der Waals surface area (Å²) in [6.07, 6.45) is 8.15.